The SMILES string of the molecule is CCCC1=C(CCC)[C@@](/C=C/C(F)(F)F)(c2ccc(C)cc2)OC1=O. The molecule has 0 aliphatic carbocycles. The molecule has 2 rings (SSSR count). The zero-order chi connectivity index (χ0) is 18.7. The third-order valence-corrected chi connectivity index (χ3v) is 4.30. The van der Waals surface area contributed by atoms with Crippen molar-refractivity contribution >= 4 is 5.97 Å². The van der Waals surface area contributed by atoms with Crippen molar-refractivity contribution in [3.63, 3.8) is 0 Å². The molecule has 1 heterocycles. The number of halogens is 3. The van der Waals surface area contributed by atoms with E-state index in [-0.39, 0.29) is 6.08 Å². The van der Waals surface area contributed by atoms with Gasteiger partial charge in [0.05, 0.1) is 0 Å². The first-order chi connectivity index (χ1) is 11.7. The molecule has 0 unspecified atom stereocenters. The maximum absolute atomic E-state index is 12.9. The average Bonchev–Trinajstić information content (AvgIpc) is 2.80. The molecule has 5 heteroatoms. The number of carbonyl (C=O) groups excluding carboxylic acids is 1. The fourth-order valence-corrected chi connectivity index (χ4v) is 3.18. The van der Waals surface area contributed by atoms with Crippen LogP contribution >= 0.6 is 0 Å². The van der Waals surface area contributed by atoms with Gasteiger partial charge in [-0.2, -0.15) is 13.2 Å². The lowest BCUT2D eigenvalue weighted by molar-refractivity contribution is -0.145. The van der Waals surface area contributed by atoms with Crippen LogP contribution < -0.4 is 0 Å². The van der Waals surface area contributed by atoms with E-state index in [4.69, 9.17) is 4.74 Å². The van der Waals surface area contributed by atoms with Crippen LogP contribution in [0.2, 0.25) is 0 Å². The third-order valence-electron chi connectivity index (χ3n) is 4.30. The summed E-state index contributed by atoms with van der Waals surface area (Å²) in [5.74, 6) is -0.516. The van der Waals surface area contributed by atoms with E-state index < -0.39 is 17.7 Å². The van der Waals surface area contributed by atoms with Gasteiger partial charge in [-0.15, -0.1) is 0 Å². The Morgan fingerprint density at radius 3 is 2.20 bits per heavy atom. The van der Waals surface area contributed by atoms with Gasteiger partial charge in [0.1, 0.15) is 0 Å². The Kier molecular flexibility index (Phi) is 5.76. The van der Waals surface area contributed by atoms with Crippen LogP contribution in [0.3, 0.4) is 0 Å². The molecule has 0 saturated heterocycles. The van der Waals surface area contributed by atoms with Gasteiger partial charge < -0.3 is 4.74 Å². The molecular weight excluding hydrogens is 329 g/mol. The van der Waals surface area contributed by atoms with Crippen molar-refractivity contribution in [3.8, 4) is 0 Å². The lowest BCUT2D eigenvalue weighted by Gasteiger charge is -2.29. The summed E-state index contributed by atoms with van der Waals surface area (Å²) in [6.45, 7) is 5.77. The van der Waals surface area contributed by atoms with Gasteiger partial charge in [0.2, 0.25) is 0 Å². The van der Waals surface area contributed by atoms with Crippen LogP contribution in [-0.2, 0) is 15.1 Å². The van der Waals surface area contributed by atoms with Crippen molar-refractivity contribution in [2.24, 2.45) is 0 Å². The molecule has 136 valence electrons. The van der Waals surface area contributed by atoms with E-state index in [0.29, 0.717) is 36.0 Å². The summed E-state index contributed by atoms with van der Waals surface area (Å²) in [5.41, 5.74) is 1.21. The van der Waals surface area contributed by atoms with Gasteiger partial charge in [-0.3, -0.25) is 0 Å². The Hall–Kier alpha value is -2.04. The number of esters is 1. The van der Waals surface area contributed by atoms with Gasteiger partial charge in [-0.05, 0) is 31.4 Å². The first-order valence-corrected chi connectivity index (χ1v) is 8.53. The molecule has 0 fully saturated rings. The number of ether oxygens (including phenoxy) is 1. The molecule has 0 N–H and O–H groups in total. The Balaban J connectivity index is 2.67. The Morgan fingerprint density at radius 2 is 1.68 bits per heavy atom. The van der Waals surface area contributed by atoms with E-state index in [0.717, 1.165) is 18.1 Å². The van der Waals surface area contributed by atoms with Crippen molar-refractivity contribution in [2.75, 3.05) is 0 Å². The number of alkyl halides is 3. The van der Waals surface area contributed by atoms with Crippen LogP contribution in [0.25, 0.3) is 0 Å². The van der Waals surface area contributed by atoms with E-state index in [2.05, 4.69) is 0 Å². The monoisotopic (exact) mass is 352 g/mol. The summed E-state index contributed by atoms with van der Waals surface area (Å²) < 4.78 is 44.2. The third kappa shape index (κ3) is 4.14. The zero-order valence-corrected chi connectivity index (χ0v) is 14.7. The maximum Gasteiger partial charge on any atom is 0.409 e. The van der Waals surface area contributed by atoms with Gasteiger partial charge in [0.15, 0.2) is 5.60 Å². The van der Waals surface area contributed by atoms with Crippen molar-refractivity contribution < 1.29 is 22.7 Å². The standard InChI is InChI=1S/C20H23F3O2/c1-4-6-16-17(7-5-2)19(25-18(16)24,12-13-20(21,22)23)15-10-8-14(3)9-11-15/h8-13H,4-7H2,1-3H3/b13-12+/t19-/m1/s1. The molecule has 1 atom stereocenters. The highest BCUT2D eigenvalue weighted by Crippen LogP contribution is 2.46. The second-order valence-corrected chi connectivity index (χ2v) is 6.32. The summed E-state index contributed by atoms with van der Waals surface area (Å²) in [7, 11) is 0. The maximum atomic E-state index is 12.9. The highest BCUT2D eigenvalue weighted by atomic mass is 19.4. The topological polar surface area (TPSA) is 26.3 Å². The largest absolute Gasteiger partial charge is 0.442 e. The Bertz CT molecular complexity index is 684. The molecule has 1 aliphatic rings. The van der Waals surface area contributed by atoms with Crippen molar-refractivity contribution in [2.45, 2.75) is 58.2 Å². The van der Waals surface area contributed by atoms with Gasteiger partial charge in [0.25, 0.3) is 0 Å². The molecule has 0 spiro atoms. The summed E-state index contributed by atoms with van der Waals surface area (Å²) in [6.07, 6.45) is -0.862. The molecule has 0 radical (unpaired) electrons. The molecule has 1 aromatic rings. The molecule has 0 amide bonds. The summed E-state index contributed by atoms with van der Waals surface area (Å²) >= 11 is 0. The van der Waals surface area contributed by atoms with Gasteiger partial charge >= 0.3 is 12.1 Å². The molecule has 1 aromatic carbocycles. The predicted molar refractivity (Wildman–Crippen MR) is 91.0 cm³/mol. The van der Waals surface area contributed by atoms with Crippen molar-refractivity contribution in [3.05, 3.63) is 58.7 Å². The van der Waals surface area contributed by atoms with E-state index in [1.807, 2.05) is 32.9 Å². The summed E-state index contributed by atoms with van der Waals surface area (Å²) in [4.78, 5) is 12.4. The number of cyclic esters (lactones) is 1. The highest BCUT2D eigenvalue weighted by Gasteiger charge is 2.46. The van der Waals surface area contributed by atoms with E-state index in [1.165, 1.54) is 0 Å². The molecular formula is C20H23F3O2. The van der Waals surface area contributed by atoms with Crippen LogP contribution in [0, 0.1) is 6.92 Å². The molecule has 0 bridgehead atoms. The summed E-state index contributed by atoms with van der Waals surface area (Å²) in [6, 6.07) is 7.09. The lowest BCUT2D eigenvalue weighted by atomic mass is 9.81. The van der Waals surface area contributed by atoms with E-state index in [9.17, 15) is 18.0 Å². The van der Waals surface area contributed by atoms with Gasteiger partial charge in [-0.25, -0.2) is 4.79 Å². The molecule has 25 heavy (non-hydrogen) atoms. The molecule has 0 saturated carbocycles. The average molecular weight is 352 g/mol. The Morgan fingerprint density at radius 1 is 1.08 bits per heavy atom. The number of hydrogen-bond acceptors (Lipinski definition) is 2. The van der Waals surface area contributed by atoms with Crippen molar-refractivity contribution in [1.82, 2.24) is 0 Å². The molecule has 2 nitrogen and oxygen atoms in total. The van der Waals surface area contributed by atoms with Crippen LogP contribution in [0.5, 0.6) is 0 Å². The van der Waals surface area contributed by atoms with Crippen LogP contribution in [0.1, 0.15) is 50.7 Å². The fraction of sp³-hybridized carbons (Fsp3) is 0.450. The number of allylic oxidation sites excluding steroid dienone is 1. The van der Waals surface area contributed by atoms with E-state index >= 15 is 0 Å². The quantitative estimate of drug-likeness (QED) is 0.480. The minimum absolute atomic E-state index is 0.171. The normalized spacial score (nSPS) is 21.3. The highest BCUT2D eigenvalue weighted by molar-refractivity contribution is 5.93. The second kappa shape index (κ2) is 7.46. The first-order valence-electron chi connectivity index (χ1n) is 8.53. The van der Waals surface area contributed by atoms with Crippen LogP contribution in [0.4, 0.5) is 13.2 Å². The molecule has 0 aromatic heterocycles. The fourth-order valence-electron chi connectivity index (χ4n) is 3.18. The lowest BCUT2D eigenvalue weighted by Crippen LogP contribution is -2.28. The first kappa shape index (κ1) is 19.3. The Labute approximate surface area is 146 Å². The number of rotatable bonds is 6. The minimum Gasteiger partial charge on any atom is -0.442 e. The minimum atomic E-state index is -4.48. The van der Waals surface area contributed by atoms with Crippen LogP contribution in [-0.4, -0.2) is 12.1 Å². The zero-order valence-electron chi connectivity index (χ0n) is 14.7. The van der Waals surface area contributed by atoms with E-state index in [1.54, 1.807) is 12.1 Å². The second-order valence-electron chi connectivity index (χ2n) is 6.32. The number of carbonyl (C=O) groups is 1. The van der Waals surface area contributed by atoms with Gasteiger partial charge in [-0.1, -0.05) is 56.5 Å². The number of hydrogen-bond donors (Lipinski definition) is 0. The van der Waals surface area contributed by atoms with Crippen molar-refractivity contribution in [1.29, 1.82) is 0 Å². The smallest absolute Gasteiger partial charge is 0.409 e. The number of aryl methyl sites for hydroxylation is 1. The van der Waals surface area contributed by atoms with Crippen LogP contribution in [0.15, 0.2) is 47.6 Å². The predicted octanol–water partition coefficient (Wildman–Crippen LogP) is 5.76. The van der Waals surface area contributed by atoms with Gasteiger partial charge in [0, 0.05) is 17.2 Å². The summed E-state index contributed by atoms with van der Waals surface area (Å²) in [5, 5.41) is 0. The molecule has 1 aliphatic heterocycles. The number of benzene rings is 1.